The summed E-state index contributed by atoms with van der Waals surface area (Å²) in [5.41, 5.74) is 3.16. The third-order valence-corrected chi connectivity index (χ3v) is 4.53. The maximum atomic E-state index is 9.21. The summed E-state index contributed by atoms with van der Waals surface area (Å²) in [6.45, 7) is 4.17. The molecule has 2 aromatic carbocycles. The predicted molar refractivity (Wildman–Crippen MR) is 78.9 cm³/mol. The molecule has 0 radical (unpaired) electrons. The van der Waals surface area contributed by atoms with Crippen molar-refractivity contribution in [2.75, 3.05) is 0 Å². The molecule has 0 aliphatic carbocycles. The van der Waals surface area contributed by atoms with E-state index in [4.69, 9.17) is 0 Å². The molecular weight excluding hydrogens is 306 g/mol. The number of aryl methyl sites for hydroxylation is 2. The normalized spacial score (nSPS) is 10.1. The van der Waals surface area contributed by atoms with Crippen LogP contribution in [0.2, 0.25) is 0 Å². The largest absolute Gasteiger partial charge is 0.192 e. The maximum Gasteiger partial charge on any atom is 0.102 e. The molecule has 0 amide bonds. The van der Waals surface area contributed by atoms with Gasteiger partial charge < -0.3 is 0 Å². The SMILES string of the molecule is Cc1ccc(C)c(Sc2cccc(Br)c2C#N)c1. The first-order valence-electron chi connectivity index (χ1n) is 5.55. The molecule has 0 aromatic heterocycles. The Balaban J connectivity index is 2.44. The van der Waals surface area contributed by atoms with E-state index in [0.29, 0.717) is 5.56 Å². The quantitative estimate of drug-likeness (QED) is 0.770. The van der Waals surface area contributed by atoms with E-state index in [0.717, 1.165) is 9.37 Å². The molecule has 0 saturated heterocycles. The summed E-state index contributed by atoms with van der Waals surface area (Å²) in [7, 11) is 0. The van der Waals surface area contributed by atoms with Crippen molar-refractivity contribution < 1.29 is 0 Å². The topological polar surface area (TPSA) is 23.8 Å². The molecule has 2 aromatic rings. The van der Waals surface area contributed by atoms with E-state index in [1.165, 1.54) is 16.0 Å². The van der Waals surface area contributed by atoms with Gasteiger partial charge in [0.1, 0.15) is 6.07 Å². The zero-order valence-corrected chi connectivity index (χ0v) is 12.6. The highest BCUT2D eigenvalue weighted by Gasteiger charge is 2.09. The van der Waals surface area contributed by atoms with E-state index in [1.807, 2.05) is 18.2 Å². The van der Waals surface area contributed by atoms with Crippen molar-refractivity contribution in [1.29, 1.82) is 5.26 Å². The molecule has 2 rings (SSSR count). The lowest BCUT2D eigenvalue weighted by Crippen LogP contribution is -1.86. The maximum absolute atomic E-state index is 9.21. The lowest BCUT2D eigenvalue weighted by molar-refractivity contribution is 1.25. The molecule has 0 spiro atoms. The molecular formula is C15H12BrNS. The second kappa shape index (κ2) is 5.60. The van der Waals surface area contributed by atoms with E-state index in [-0.39, 0.29) is 0 Å². The molecule has 0 saturated carbocycles. The van der Waals surface area contributed by atoms with Crippen molar-refractivity contribution in [2.45, 2.75) is 23.6 Å². The summed E-state index contributed by atoms with van der Waals surface area (Å²) in [5, 5.41) is 9.21. The minimum atomic E-state index is 0.698. The molecule has 1 nitrogen and oxygen atoms in total. The molecule has 0 bridgehead atoms. The van der Waals surface area contributed by atoms with Crippen molar-refractivity contribution in [1.82, 2.24) is 0 Å². The van der Waals surface area contributed by atoms with E-state index >= 15 is 0 Å². The van der Waals surface area contributed by atoms with Gasteiger partial charge in [0.05, 0.1) is 5.56 Å². The smallest absolute Gasteiger partial charge is 0.102 e. The first-order chi connectivity index (χ1) is 8.61. The lowest BCUT2D eigenvalue weighted by atomic mass is 10.2. The Morgan fingerprint density at radius 1 is 1.11 bits per heavy atom. The van der Waals surface area contributed by atoms with Gasteiger partial charge in [-0.3, -0.25) is 0 Å². The van der Waals surface area contributed by atoms with Gasteiger partial charge in [0.2, 0.25) is 0 Å². The van der Waals surface area contributed by atoms with Crippen LogP contribution in [-0.4, -0.2) is 0 Å². The number of hydrogen-bond donors (Lipinski definition) is 0. The average Bonchev–Trinajstić information content (AvgIpc) is 2.34. The van der Waals surface area contributed by atoms with E-state index < -0.39 is 0 Å². The molecule has 0 fully saturated rings. The minimum absolute atomic E-state index is 0.698. The van der Waals surface area contributed by atoms with Crippen molar-refractivity contribution in [3.63, 3.8) is 0 Å². The van der Waals surface area contributed by atoms with Crippen molar-refractivity contribution in [2.24, 2.45) is 0 Å². The van der Waals surface area contributed by atoms with Gasteiger partial charge in [0, 0.05) is 14.3 Å². The van der Waals surface area contributed by atoms with Crippen LogP contribution in [0.3, 0.4) is 0 Å². The van der Waals surface area contributed by atoms with Gasteiger partial charge in [-0.15, -0.1) is 0 Å². The standard InChI is InChI=1S/C15H12BrNS/c1-10-6-7-11(2)15(8-10)18-14-5-3-4-13(16)12(14)9-17/h3-8H,1-2H3. The van der Waals surface area contributed by atoms with Crippen molar-refractivity contribution >= 4 is 27.7 Å². The Kier molecular flexibility index (Phi) is 4.11. The highest BCUT2D eigenvalue weighted by molar-refractivity contribution is 9.10. The number of hydrogen-bond acceptors (Lipinski definition) is 2. The summed E-state index contributed by atoms with van der Waals surface area (Å²) < 4.78 is 0.848. The Morgan fingerprint density at radius 2 is 1.89 bits per heavy atom. The van der Waals surface area contributed by atoms with Crippen molar-refractivity contribution in [3.8, 4) is 6.07 Å². The van der Waals surface area contributed by atoms with Gasteiger partial charge in [-0.1, -0.05) is 30.0 Å². The van der Waals surface area contributed by atoms with Gasteiger partial charge in [-0.2, -0.15) is 5.26 Å². The molecule has 0 unspecified atom stereocenters. The zero-order valence-electron chi connectivity index (χ0n) is 10.2. The van der Waals surface area contributed by atoms with E-state index in [2.05, 4.69) is 54.0 Å². The van der Waals surface area contributed by atoms with Crippen LogP contribution in [0, 0.1) is 25.2 Å². The number of halogens is 1. The molecule has 3 heteroatoms. The minimum Gasteiger partial charge on any atom is -0.192 e. The summed E-state index contributed by atoms with van der Waals surface area (Å²) in [6.07, 6.45) is 0. The fraction of sp³-hybridized carbons (Fsp3) is 0.133. The highest BCUT2D eigenvalue weighted by Crippen LogP contribution is 2.35. The number of benzene rings is 2. The Morgan fingerprint density at radius 3 is 2.61 bits per heavy atom. The number of nitrogens with zero attached hydrogens (tertiary/aromatic N) is 1. The molecule has 0 heterocycles. The predicted octanol–water partition coefficient (Wildman–Crippen LogP) is 5.09. The zero-order chi connectivity index (χ0) is 13.1. The fourth-order valence-electron chi connectivity index (χ4n) is 1.63. The third kappa shape index (κ3) is 2.77. The van der Waals surface area contributed by atoms with Crippen LogP contribution >= 0.6 is 27.7 Å². The van der Waals surface area contributed by atoms with E-state index in [9.17, 15) is 5.26 Å². The summed E-state index contributed by atoms with van der Waals surface area (Å²) in [5.74, 6) is 0. The summed E-state index contributed by atoms with van der Waals surface area (Å²) in [4.78, 5) is 2.19. The van der Waals surface area contributed by atoms with Crippen LogP contribution in [0.5, 0.6) is 0 Å². The third-order valence-electron chi connectivity index (χ3n) is 2.65. The molecule has 0 aliphatic heterocycles. The molecule has 90 valence electrons. The Labute approximate surface area is 120 Å². The van der Waals surface area contributed by atoms with Gasteiger partial charge in [0.25, 0.3) is 0 Å². The first kappa shape index (κ1) is 13.2. The molecule has 18 heavy (non-hydrogen) atoms. The second-order valence-electron chi connectivity index (χ2n) is 4.10. The van der Waals surface area contributed by atoms with E-state index in [1.54, 1.807) is 11.8 Å². The first-order valence-corrected chi connectivity index (χ1v) is 7.16. The van der Waals surface area contributed by atoms with Crippen LogP contribution < -0.4 is 0 Å². The summed E-state index contributed by atoms with van der Waals surface area (Å²) >= 11 is 5.06. The second-order valence-corrected chi connectivity index (χ2v) is 6.03. The highest BCUT2D eigenvalue weighted by atomic mass is 79.9. The van der Waals surface area contributed by atoms with Crippen LogP contribution in [0.25, 0.3) is 0 Å². The average molecular weight is 318 g/mol. The molecule has 0 N–H and O–H groups in total. The van der Waals surface area contributed by atoms with Crippen molar-refractivity contribution in [3.05, 3.63) is 57.6 Å². The number of rotatable bonds is 2. The number of nitriles is 1. The monoisotopic (exact) mass is 317 g/mol. The van der Waals surface area contributed by atoms with Gasteiger partial charge in [0.15, 0.2) is 0 Å². The summed E-state index contributed by atoms with van der Waals surface area (Å²) in [6, 6.07) is 14.5. The fourth-order valence-corrected chi connectivity index (χ4v) is 3.33. The molecule has 0 aliphatic rings. The van der Waals surface area contributed by atoms with Crippen LogP contribution in [0.4, 0.5) is 0 Å². The van der Waals surface area contributed by atoms with Crippen LogP contribution in [0.15, 0.2) is 50.7 Å². The van der Waals surface area contributed by atoms with Gasteiger partial charge >= 0.3 is 0 Å². The Hall–Kier alpha value is -1.24. The van der Waals surface area contributed by atoms with Crippen LogP contribution in [-0.2, 0) is 0 Å². The lowest BCUT2D eigenvalue weighted by Gasteiger charge is -2.08. The Bertz CT molecular complexity index is 629. The van der Waals surface area contributed by atoms with Crippen LogP contribution in [0.1, 0.15) is 16.7 Å². The molecule has 0 atom stereocenters. The van der Waals surface area contributed by atoms with Gasteiger partial charge in [-0.05, 0) is 59.1 Å². The van der Waals surface area contributed by atoms with Gasteiger partial charge in [-0.25, -0.2) is 0 Å².